The number of nitrogens with two attached hydrogens (primary N) is 1. The molecule has 0 bridgehead atoms. The predicted molar refractivity (Wildman–Crippen MR) is 218 cm³/mol. The lowest BCUT2D eigenvalue weighted by Gasteiger charge is -2.08. The van der Waals surface area contributed by atoms with Crippen LogP contribution in [0.4, 0.5) is 0 Å². The minimum Gasteiger partial charge on any atom is -0.497 e. The van der Waals surface area contributed by atoms with Crippen molar-refractivity contribution >= 4 is 74.6 Å². The molecular weight excluding hydrogens is 820 g/mol. The fourth-order valence-corrected chi connectivity index (χ4v) is 7.56. The molecule has 7 rings (SSSR count). The van der Waals surface area contributed by atoms with Gasteiger partial charge in [-0.25, -0.2) is 0 Å². The molecule has 0 radical (unpaired) electrons. The third-order valence-corrected chi connectivity index (χ3v) is 11.2. The van der Waals surface area contributed by atoms with Gasteiger partial charge >= 0.3 is 5.56 Å². The van der Waals surface area contributed by atoms with E-state index in [0.29, 0.717) is 53.1 Å². The van der Waals surface area contributed by atoms with Gasteiger partial charge in [0.25, 0.3) is 5.56 Å². The van der Waals surface area contributed by atoms with Crippen molar-refractivity contribution in [1.82, 2.24) is 34.7 Å². The number of aromatic nitrogens is 7. The van der Waals surface area contributed by atoms with Gasteiger partial charge in [0, 0.05) is 32.3 Å². The van der Waals surface area contributed by atoms with E-state index >= 15 is 0 Å². The van der Waals surface area contributed by atoms with E-state index in [-0.39, 0.29) is 45.2 Å². The third-order valence-electron chi connectivity index (χ3n) is 7.75. The molecule has 0 fully saturated rings. The molecule has 0 saturated heterocycles. The van der Waals surface area contributed by atoms with E-state index in [1.54, 1.807) is 111 Å². The van der Waals surface area contributed by atoms with Gasteiger partial charge in [-0.3, -0.25) is 19.2 Å². The van der Waals surface area contributed by atoms with Gasteiger partial charge in [-0.05, 0) is 97.1 Å². The highest BCUT2D eigenvalue weighted by molar-refractivity contribution is 8.01. The maximum atomic E-state index is 12.8. The molecule has 3 aromatic heterocycles. The van der Waals surface area contributed by atoms with Crippen molar-refractivity contribution in [3.8, 4) is 34.0 Å². The number of hydrogen-bond acceptors (Lipinski definition) is 15. The van der Waals surface area contributed by atoms with Crippen LogP contribution in [0.1, 0.15) is 20.7 Å². The summed E-state index contributed by atoms with van der Waals surface area (Å²) in [6, 6.07) is 27.1. The zero-order valence-corrected chi connectivity index (χ0v) is 33.3. The molecule has 56 heavy (non-hydrogen) atoms. The Morgan fingerprint density at radius 3 is 1.62 bits per heavy atom. The largest absolute Gasteiger partial charge is 0.497 e. The van der Waals surface area contributed by atoms with E-state index in [1.807, 2.05) is 0 Å². The molecule has 0 aliphatic heterocycles. The second-order valence-electron chi connectivity index (χ2n) is 11.3. The maximum absolute atomic E-state index is 12.8. The number of ketones is 2. The van der Waals surface area contributed by atoms with E-state index < -0.39 is 5.56 Å². The number of carbonyl (C=O) groups excluding carboxylic acids is 2. The number of thioether (sulfide) groups is 2. The van der Waals surface area contributed by atoms with Crippen LogP contribution in [0.3, 0.4) is 0 Å². The van der Waals surface area contributed by atoms with E-state index in [2.05, 4.69) is 25.5 Å². The second kappa shape index (κ2) is 18.4. The van der Waals surface area contributed by atoms with Crippen molar-refractivity contribution in [1.29, 1.82) is 0 Å². The minimum atomic E-state index is -0.503. The standard InChI is InChI=1S/C19H13ClN4O3S2.C18H15ClN4O3S/c1-27-14-8-4-12(5-9-14)16-17(26)24-18(22-21-16)29-19(23-24)28-10-15(25)11-2-6-13(20)7-3-11;1-26-14-8-4-12(5-9-14)16-17(25)23(20)18(22-21-16)27-10-15(24)11-2-6-13(19)7-3-11/h2-9H,10H2,1H3;2-9H,10,20H2,1H3. The van der Waals surface area contributed by atoms with Crippen molar-refractivity contribution in [2.75, 3.05) is 31.6 Å². The number of nitrogens with zero attached hydrogens (tertiary/aromatic N) is 7. The molecule has 19 heteroatoms. The highest BCUT2D eigenvalue weighted by Gasteiger charge is 2.17. The summed E-state index contributed by atoms with van der Waals surface area (Å²) in [4.78, 5) is 50.2. The average Bonchev–Trinajstić information content (AvgIpc) is 3.66. The number of Topliss-reactive ketones (excluding diaryl/α,β-unsaturated/α-hetero) is 2. The Hall–Kier alpha value is -5.59. The Balaban J connectivity index is 0.000000190. The first-order valence-electron chi connectivity index (χ1n) is 16.2. The van der Waals surface area contributed by atoms with Gasteiger partial charge in [0.05, 0.1) is 25.7 Å². The molecule has 0 aliphatic rings. The predicted octanol–water partition coefficient (Wildman–Crippen LogP) is 6.51. The summed E-state index contributed by atoms with van der Waals surface area (Å²) in [5.41, 5.74) is 1.73. The molecule has 284 valence electrons. The molecule has 0 unspecified atom stereocenters. The lowest BCUT2D eigenvalue weighted by atomic mass is 10.1. The van der Waals surface area contributed by atoms with Crippen LogP contribution in [0, 0.1) is 0 Å². The Kier molecular flexibility index (Phi) is 13.1. The lowest BCUT2D eigenvalue weighted by Crippen LogP contribution is -2.32. The topological polar surface area (TPSA) is 187 Å². The van der Waals surface area contributed by atoms with Gasteiger partial charge in [-0.2, -0.15) is 9.19 Å². The first-order chi connectivity index (χ1) is 27.0. The Morgan fingerprint density at radius 2 is 1.12 bits per heavy atom. The summed E-state index contributed by atoms with van der Waals surface area (Å²) in [6.45, 7) is 0. The van der Waals surface area contributed by atoms with Crippen molar-refractivity contribution in [3.05, 3.63) is 139 Å². The second-order valence-corrected chi connectivity index (χ2v) is 15.3. The normalized spacial score (nSPS) is 10.8. The van der Waals surface area contributed by atoms with Crippen molar-refractivity contribution < 1.29 is 19.1 Å². The Bertz CT molecular complexity index is 2620. The highest BCUT2D eigenvalue weighted by atomic mass is 35.5. The van der Waals surface area contributed by atoms with Crippen LogP contribution in [0.25, 0.3) is 27.5 Å². The van der Waals surface area contributed by atoms with Crippen LogP contribution < -0.4 is 26.4 Å². The number of methoxy groups -OCH3 is 2. The lowest BCUT2D eigenvalue weighted by molar-refractivity contribution is 0.101. The van der Waals surface area contributed by atoms with E-state index in [9.17, 15) is 19.2 Å². The van der Waals surface area contributed by atoms with Crippen molar-refractivity contribution in [3.63, 3.8) is 0 Å². The number of fused-ring (bicyclic) bond motifs is 1. The first-order valence-corrected chi connectivity index (χ1v) is 19.7. The number of hydrogen-bond donors (Lipinski definition) is 1. The van der Waals surface area contributed by atoms with Crippen LogP contribution in [0.5, 0.6) is 11.5 Å². The SMILES string of the molecule is COc1ccc(-c2nnc(SCC(=O)c3ccc(Cl)cc3)n(N)c2=O)cc1.COc1ccc(-c2nnc3sc(SCC(=O)c4ccc(Cl)cc4)nn3c2=O)cc1. The van der Waals surface area contributed by atoms with Gasteiger partial charge in [-0.15, -0.1) is 25.5 Å². The molecular formula is C37H28Cl2N8O6S3. The highest BCUT2D eigenvalue weighted by Crippen LogP contribution is 2.26. The molecule has 0 atom stereocenters. The number of carbonyl (C=O) groups is 2. The number of ether oxygens (including phenoxy) is 2. The summed E-state index contributed by atoms with van der Waals surface area (Å²) in [6.07, 6.45) is 0. The average molecular weight is 848 g/mol. The van der Waals surface area contributed by atoms with Crippen LogP contribution in [0.2, 0.25) is 10.0 Å². The van der Waals surface area contributed by atoms with Crippen molar-refractivity contribution in [2.24, 2.45) is 0 Å². The van der Waals surface area contributed by atoms with Gasteiger partial charge in [0.2, 0.25) is 10.1 Å². The zero-order valence-electron chi connectivity index (χ0n) is 29.3. The fraction of sp³-hybridized carbons (Fsp3) is 0.108. The molecule has 2 N–H and O–H groups in total. The molecule has 0 saturated carbocycles. The zero-order chi connectivity index (χ0) is 39.8. The van der Waals surface area contributed by atoms with Gasteiger partial charge in [0.1, 0.15) is 11.5 Å². The smallest absolute Gasteiger partial charge is 0.302 e. The molecule has 3 heterocycles. The van der Waals surface area contributed by atoms with Crippen LogP contribution in [0.15, 0.2) is 116 Å². The maximum Gasteiger partial charge on any atom is 0.302 e. The number of halogens is 2. The molecule has 14 nitrogen and oxygen atoms in total. The van der Waals surface area contributed by atoms with E-state index in [1.165, 1.54) is 27.6 Å². The molecule has 7 aromatic rings. The summed E-state index contributed by atoms with van der Waals surface area (Å²) in [5, 5.41) is 21.7. The first kappa shape index (κ1) is 40.1. The molecule has 0 spiro atoms. The van der Waals surface area contributed by atoms with Gasteiger partial charge in [0.15, 0.2) is 27.3 Å². The van der Waals surface area contributed by atoms with Crippen LogP contribution in [-0.2, 0) is 0 Å². The molecule has 0 amide bonds. The molecule has 4 aromatic carbocycles. The summed E-state index contributed by atoms with van der Waals surface area (Å²) in [5.74, 6) is 7.26. The van der Waals surface area contributed by atoms with Gasteiger partial charge < -0.3 is 15.3 Å². The third kappa shape index (κ3) is 9.61. The molecule has 0 aliphatic carbocycles. The quantitative estimate of drug-likeness (QED) is 0.0797. The number of benzene rings is 4. The van der Waals surface area contributed by atoms with E-state index in [4.69, 9.17) is 38.5 Å². The van der Waals surface area contributed by atoms with Crippen LogP contribution in [-0.4, -0.2) is 72.0 Å². The Morgan fingerprint density at radius 1 is 0.661 bits per heavy atom. The summed E-state index contributed by atoms with van der Waals surface area (Å²) < 4.78 is 12.9. The van der Waals surface area contributed by atoms with Gasteiger partial charge in [-0.1, -0.05) is 58.1 Å². The number of nitrogen functional groups attached to an aromatic ring is 1. The summed E-state index contributed by atoms with van der Waals surface area (Å²) in [7, 11) is 3.13. The minimum absolute atomic E-state index is 0.0525. The Labute approximate surface area is 340 Å². The van der Waals surface area contributed by atoms with Crippen molar-refractivity contribution in [2.45, 2.75) is 9.50 Å². The van der Waals surface area contributed by atoms with Crippen LogP contribution >= 0.6 is 58.1 Å². The number of rotatable bonds is 12. The van der Waals surface area contributed by atoms with E-state index in [0.717, 1.165) is 16.4 Å². The fourth-order valence-electron chi connectivity index (χ4n) is 4.79. The summed E-state index contributed by atoms with van der Waals surface area (Å²) >= 11 is 15.2. The monoisotopic (exact) mass is 846 g/mol.